The topological polar surface area (TPSA) is 90.5 Å². The number of rotatable bonds is 10. The Balaban J connectivity index is 1.43. The largest absolute Gasteiger partial charge is 0.349 e. The maximum atomic E-state index is 13.4. The second kappa shape index (κ2) is 10.9. The molecule has 0 fully saturated rings. The lowest BCUT2D eigenvalue weighted by Crippen LogP contribution is -2.26. The van der Waals surface area contributed by atoms with E-state index in [1.54, 1.807) is 28.6 Å². The second-order valence-corrected chi connectivity index (χ2v) is 9.81. The average molecular weight is 500 g/mol. The van der Waals surface area contributed by atoms with Gasteiger partial charge in [-0.3, -0.25) is 4.79 Å². The highest BCUT2D eigenvalue weighted by Gasteiger charge is 2.19. The Labute approximate surface area is 205 Å². The predicted octanol–water partition coefficient (Wildman–Crippen LogP) is 4.47. The van der Waals surface area contributed by atoms with E-state index in [0.717, 1.165) is 22.4 Å². The number of nitrogens with one attached hydrogen (secondary N) is 1. The van der Waals surface area contributed by atoms with Crippen LogP contribution in [-0.2, 0) is 13.0 Å². The van der Waals surface area contributed by atoms with Gasteiger partial charge in [0.1, 0.15) is 11.6 Å². The summed E-state index contributed by atoms with van der Waals surface area (Å²) in [5.74, 6) is 1.32. The van der Waals surface area contributed by atoms with Gasteiger partial charge in [0.2, 0.25) is 5.82 Å². The van der Waals surface area contributed by atoms with Gasteiger partial charge in [0, 0.05) is 19.5 Å². The third kappa shape index (κ3) is 5.53. The molecule has 8 nitrogen and oxygen atoms in total. The fraction of sp³-hybridized carbons (Fsp3) is 0.348. The molecule has 0 bridgehead atoms. The van der Waals surface area contributed by atoms with E-state index in [1.807, 2.05) is 23.8 Å². The Kier molecular flexibility index (Phi) is 7.73. The van der Waals surface area contributed by atoms with Crippen molar-refractivity contribution in [3.63, 3.8) is 0 Å². The molecule has 4 rings (SSSR count). The Morgan fingerprint density at radius 1 is 1.21 bits per heavy atom. The van der Waals surface area contributed by atoms with Crippen molar-refractivity contribution >= 4 is 29.0 Å². The number of nitrogens with zero attached hydrogens (tertiary/aromatic N) is 6. The second-order valence-electron chi connectivity index (χ2n) is 8.09. The van der Waals surface area contributed by atoms with E-state index >= 15 is 0 Å². The number of hydrogen-bond donors (Lipinski definition) is 1. The summed E-state index contributed by atoms with van der Waals surface area (Å²) < 4.78 is 17.1. The minimum absolute atomic E-state index is 0.0698. The van der Waals surface area contributed by atoms with Crippen molar-refractivity contribution in [3.05, 3.63) is 59.2 Å². The van der Waals surface area contributed by atoms with E-state index in [0.29, 0.717) is 36.8 Å². The SMILES string of the molecule is CSc1nnc(CCCNC(=O)c2nc(-c3cccs3)n(-c3ccc(F)cc3)n2)n1CC(C)C. The van der Waals surface area contributed by atoms with E-state index in [2.05, 4.69) is 44.0 Å². The van der Waals surface area contributed by atoms with Gasteiger partial charge < -0.3 is 9.88 Å². The molecule has 1 aromatic carbocycles. The van der Waals surface area contributed by atoms with Gasteiger partial charge in [-0.1, -0.05) is 31.7 Å². The van der Waals surface area contributed by atoms with Gasteiger partial charge in [-0.05, 0) is 54.3 Å². The lowest BCUT2D eigenvalue weighted by atomic mass is 10.2. The summed E-state index contributed by atoms with van der Waals surface area (Å²) in [6.45, 7) is 5.65. The van der Waals surface area contributed by atoms with Crippen LogP contribution in [0.3, 0.4) is 0 Å². The Bertz CT molecular complexity index is 1230. The van der Waals surface area contributed by atoms with E-state index in [9.17, 15) is 9.18 Å². The Morgan fingerprint density at radius 2 is 2.00 bits per heavy atom. The molecule has 1 N–H and O–H groups in total. The number of carbonyl (C=O) groups is 1. The highest BCUT2D eigenvalue weighted by Crippen LogP contribution is 2.25. The summed E-state index contributed by atoms with van der Waals surface area (Å²) in [6.07, 6.45) is 3.42. The standard InChI is InChI=1S/C23H26FN7OS2/c1-15(2)14-30-19(27-28-23(30)33-3)7-4-12-25-22(32)20-26-21(18-6-5-13-34-18)31(29-20)17-10-8-16(24)9-11-17/h5-6,8-11,13,15H,4,7,12,14H2,1-3H3,(H,25,32). The summed E-state index contributed by atoms with van der Waals surface area (Å²) in [6, 6.07) is 9.75. The lowest BCUT2D eigenvalue weighted by Gasteiger charge is -2.11. The quantitative estimate of drug-likeness (QED) is 0.256. The van der Waals surface area contributed by atoms with Gasteiger partial charge in [-0.25, -0.2) is 14.1 Å². The maximum absolute atomic E-state index is 13.4. The van der Waals surface area contributed by atoms with Crippen LogP contribution < -0.4 is 5.32 Å². The van der Waals surface area contributed by atoms with E-state index in [1.165, 1.54) is 23.5 Å². The van der Waals surface area contributed by atoms with E-state index < -0.39 is 0 Å². The summed E-state index contributed by atoms with van der Waals surface area (Å²) in [7, 11) is 0. The number of hydrogen-bond acceptors (Lipinski definition) is 7. The molecule has 0 aliphatic carbocycles. The molecular weight excluding hydrogens is 473 g/mol. The number of amides is 1. The number of thioether (sulfide) groups is 1. The molecule has 34 heavy (non-hydrogen) atoms. The molecule has 0 aliphatic rings. The van der Waals surface area contributed by atoms with Crippen molar-refractivity contribution in [2.75, 3.05) is 12.8 Å². The van der Waals surface area contributed by atoms with Gasteiger partial charge in [-0.15, -0.1) is 26.6 Å². The van der Waals surface area contributed by atoms with Gasteiger partial charge in [-0.2, -0.15) is 0 Å². The van der Waals surface area contributed by atoms with Crippen LogP contribution in [-0.4, -0.2) is 48.2 Å². The summed E-state index contributed by atoms with van der Waals surface area (Å²) in [4.78, 5) is 18.1. The fourth-order valence-electron chi connectivity index (χ4n) is 3.47. The lowest BCUT2D eigenvalue weighted by molar-refractivity contribution is 0.0943. The normalized spacial score (nSPS) is 11.3. The van der Waals surface area contributed by atoms with Gasteiger partial charge >= 0.3 is 0 Å². The van der Waals surface area contributed by atoms with Crippen LogP contribution in [0.15, 0.2) is 46.9 Å². The van der Waals surface area contributed by atoms with Crippen LogP contribution in [0, 0.1) is 11.7 Å². The van der Waals surface area contributed by atoms with Crippen molar-refractivity contribution in [1.29, 1.82) is 0 Å². The molecule has 4 aromatic rings. The molecule has 0 saturated heterocycles. The average Bonchev–Trinajstić information content (AvgIpc) is 3.57. The van der Waals surface area contributed by atoms with Gasteiger partial charge in [0.05, 0.1) is 10.6 Å². The van der Waals surface area contributed by atoms with Crippen LogP contribution in [0.2, 0.25) is 0 Å². The molecule has 3 heterocycles. The number of benzene rings is 1. The fourth-order valence-corrected chi connectivity index (χ4v) is 4.69. The minimum Gasteiger partial charge on any atom is -0.349 e. The monoisotopic (exact) mass is 499 g/mol. The highest BCUT2D eigenvalue weighted by atomic mass is 32.2. The number of aromatic nitrogens is 6. The van der Waals surface area contributed by atoms with Crippen LogP contribution >= 0.6 is 23.1 Å². The molecule has 0 atom stereocenters. The third-order valence-corrected chi connectivity index (χ3v) is 6.54. The number of aryl methyl sites for hydroxylation is 1. The van der Waals surface area contributed by atoms with Crippen molar-refractivity contribution in [3.8, 4) is 16.4 Å². The molecule has 0 spiro atoms. The van der Waals surface area contributed by atoms with E-state index in [-0.39, 0.29) is 17.5 Å². The molecule has 1 amide bonds. The molecule has 0 saturated carbocycles. The number of thiophene rings is 1. The van der Waals surface area contributed by atoms with Crippen LogP contribution in [0.4, 0.5) is 4.39 Å². The van der Waals surface area contributed by atoms with Crippen molar-refractivity contribution in [2.24, 2.45) is 5.92 Å². The Morgan fingerprint density at radius 3 is 2.68 bits per heavy atom. The van der Waals surface area contributed by atoms with Crippen molar-refractivity contribution in [2.45, 2.75) is 38.4 Å². The zero-order valence-electron chi connectivity index (χ0n) is 19.2. The van der Waals surface area contributed by atoms with Gasteiger partial charge in [0.25, 0.3) is 5.91 Å². The molecule has 0 radical (unpaired) electrons. The molecule has 178 valence electrons. The van der Waals surface area contributed by atoms with Crippen LogP contribution in [0.1, 0.15) is 36.7 Å². The zero-order chi connectivity index (χ0) is 24.1. The highest BCUT2D eigenvalue weighted by molar-refractivity contribution is 7.98. The zero-order valence-corrected chi connectivity index (χ0v) is 20.9. The van der Waals surface area contributed by atoms with Crippen molar-refractivity contribution in [1.82, 2.24) is 34.8 Å². The minimum atomic E-state index is -0.355. The molecule has 11 heteroatoms. The first-order chi connectivity index (χ1) is 16.5. The first-order valence-electron chi connectivity index (χ1n) is 11.0. The maximum Gasteiger partial charge on any atom is 0.290 e. The van der Waals surface area contributed by atoms with Crippen molar-refractivity contribution < 1.29 is 9.18 Å². The molecule has 0 unspecified atom stereocenters. The summed E-state index contributed by atoms with van der Waals surface area (Å²) in [5.41, 5.74) is 0.630. The third-order valence-electron chi connectivity index (χ3n) is 5.01. The number of carbonyl (C=O) groups excluding carboxylic acids is 1. The molecular formula is C23H26FN7OS2. The summed E-state index contributed by atoms with van der Waals surface area (Å²) >= 11 is 3.08. The first-order valence-corrected chi connectivity index (χ1v) is 13.1. The smallest absolute Gasteiger partial charge is 0.290 e. The summed E-state index contributed by atoms with van der Waals surface area (Å²) in [5, 5.41) is 18.7. The molecule has 3 aromatic heterocycles. The van der Waals surface area contributed by atoms with Gasteiger partial charge in [0.15, 0.2) is 11.0 Å². The van der Waals surface area contributed by atoms with E-state index in [4.69, 9.17) is 0 Å². The first kappa shape index (κ1) is 24.1. The van der Waals surface area contributed by atoms with Crippen LogP contribution in [0.25, 0.3) is 16.4 Å². The Hall–Kier alpha value is -3.05. The molecule has 0 aliphatic heterocycles. The van der Waals surface area contributed by atoms with Crippen LogP contribution in [0.5, 0.6) is 0 Å². The number of halogens is 1. The predicted molar refractivity (Wildman–Crippen MR) is 132 cm³/mol.